The first-order valence-electron chi connectivity index (χ1n) is 7.11. The fourth-order valence-electron chi connectivity index (χ4n) is 2.96. The third kappa shape index (κ3) is 3.80. The lowest BCUT2D eigenvalue weighted by Gasteiger charge is -2.34. The summed E-state index contributed by atoms with van der Waals surface area (Å²) in [6.07, 6.45) is 2.37. The van der Waals surface area contributed by atoms with Crippen molar-refractivity contribution in [2.75, 3.05) is 13.1 Å². The Balaban J connectivity index is 1.91. The van der Waals surface area contributed by atoms with Gasteiger partial charge in [0.2, 0.25) is 0 Å². The van der Waals surface area contributed by atoms with Crippen molar-refractivity contribution in [2.24, 2.45) is 11.7 Å². The van der Waals surface area contributed by atoms with Crippen LogP contribution in [0.15, 0.2) is 22.7 Å². The monoisotopic (exact) mass is 324 g/mol. The molecular formula is C16H25BrN2. The first kappa shape index (κ1) is 15.0. The molecule has 1 aliphatic rings. The van der Waals surface area contributed by atoms with Gasteiger partial charge in [0.25, 0.3) is 0 Å². The van der Waals surface area contributed by atoms with Crippen LogP contribution >= 0.6 is 15.9 Å². The van der Waals surface area contributed by atoms with Gasteiger partial charge in [0, 0.05) is 22.5 Å². The van der Waals surface area contributed by atoms with E-state index in [2.05, 4.69) is 60.2 Å². The summed E-state index contributed by atoms with van der Waals surface area (Å²) in [5, 5.41) is 3.62. The largest absolute Gasteiger partial charge is 0.328 e. The highest BCUT2D eigenvalue weighted by Gasteiger charge is 2.27. The second-order valence-corrected chi connectivity index (χ2v) is 7.49. The molecule has 3 N–H and O–H groups in total. The first-order chi connectivity index (χ1) is 8.88. The van der Waals surface area contributed by atoms with Crippen LogP contribution in [0, 0.1) is 12.8 Å². The Morgan fingerprint density at radius 1 is 1.37 bits per heavy atom. The number of aryl methyl sites for hydroxylation is 1. The summed E-state index contributed by atoms with van der Waals surface area (Å²) in [5.74, 6) is 0.786. The Kier molecular flexibility index (Phi) is 4.70. The standard InChI is InChI=1S/C16H25BrN2/c1-11-4-5-13(17)8-15(11)16(2,3)10-19-9-12-6-14(18)7-12/h4-5,8,12,14,19H,6-7,9-10,18H2,1-3H3. The Labute approximate surface area is 125 Å². The van der Waals surface area contributed by atoms with E-state index in [1.54, 1.807) is 0 Å². The molecule has 1 aromatic rings. The average molecular weight is 325 g/mol. The molecule has 1 saturated carbocycles. The molecule has 1 aromatic carbocycles. The smallest absolute Gasteiger partial charge is 0.0178 e. The molecule has 0 bridgehead atoms. The van der Waals surface area contributed by atoms with Gasteiger partial charge in [-0.05, 0) is 55.5 Å². The molecule has 0 heterocycles. The quantitative estimate of drug-likeness (QED) is 0.871. The van der Waals surface area contributed by atoms with Crippen LogP contribution in [0.4, 0.5) is 0 Å². The minimum Gasteiger partial charge on any atom is -0.328 e. The lowest BCUT2D eigenvalue weighted by atomic mass is 9.79. The predicted octanol–water partition coefficient (Wildman–Crippen LogP) is 3.36. The van der Waals surface area contributed by atoms with E-state index < -0.39 is 0 Å². The van der Waals surface area contributed by atoms with Crippen molar-refractivity contribution >= 4 is 15.9 Å². The molecule has 0 amide bonds. The van der Waals surface area contributed by atoms with E-state index in [1.807, 2.05) is 0 Å². The van der Waals surface area contributed by atoms with E-state index in [9.17, 15) is 0 Å². The summed E-state index contributed by atoms with van der Waals surface area (Å²) in [4.78, 5) is 0. The predicted molar refractivity (Wildman–Crippen MR) is 85.5 cm³/mol. The van der Waals surface area contributed by atoms with Gasteiger partial charge in [0.05, 0.1) is 0 Å². The lowest BCUT2D eigenvalue weighted by Crippen LogP contribution is -2.43. The fourth-order valence-corrected chi connectivity index (χ4v) is 3.32. The number of rotatable bonds is 5. The molecule has 3 heteroatoms. The molecule has 1 aliphatic carbocycles. The third-order valence-electron chi connectivity index (χ3n) is 4.20. The summed E-state index contributed by atoms with van der Waals surface area (Å²) < 4.78 is 1.16. The number of hydrogen-bond donors (Lipinski definition) is 2. The fraction of sp³-hybridized carbons (Fsp3) is 0.625. The zero-order chi connectivity index (χ0) is 14.0. The number of nitrogens with one attached hydrogen (secondary N) is 1. The number of benzene rings is 1. The van der Waals surface area contributed by atoms with Crippen LogP contribution in [0.25, 0.3) is 0 Å². The number of nitrogens with two attached hydrogens (primary N) is 1. The van der Waals surface area contributed by atoms with Gasteiger partial charge in [-0.3, -0.25) is 0 Å². The molecule has 0 aromatic heterocycles. The molecule has 1 fully saturated rings. The molecule has 0 unspecified atom stereocenters. The molecular weight excluding hydrogens is 300 g/mol. The van der Waals surface area contributed by atoms with E-state index in [1.165, 1.54) is 24.0 Å². The van der Waals surface area contributed by atoms with Crippen LogP contribution < -0.4 is 11.1 Å². The topological polar surface area (TPSA) is 38.0 Å². The van der Waals surface area contributed by atoms with Crippen LogP contribution in [-0.2, 0) is 5.41 Å². The average Bonchev–Trinajstić information content (AvgIpc) is 2.29. The first-order valence-corrected chi connectivity index (χ1v) is 7.91. The van der Waals surface area contributed by atoms with Gasteiger partial charge in [-0.15, -0.1) is 0 Å². The molecule has 2 nitrogen and oxygen atoms in total. The number of hydrogen-bond acceptors (Lipinski definition) is 2. The highest BCUT2D eigenvalue weighted by Crippen LogP contribution is 2.29. The van der Waals surface area contributed by atoms with E-state index in [-0.39, 0.29) is 5.41 Å². The van der Waals surface area contributed by atoms with E-state index >= 15 is 0 Å². The summed E-state index contributed by atoms with van der Waals surface area (Å²) in [5.41, 5.74) is 8.75. The zero-order valence-electron chi connectivity index (χ0n) is 12.2. The molecule has 0 aliphatic heterocycles. The van der Waals surface area contributed by atoms with Crippen molar-refractivity contribution in [2.45, 2.75) is 45.1 Å². The minimum absolute atomic E-state index is 0.153. The number of halogens is 1. The third-order valence-corrected chi connectivity index (χ3v) is 4.69. The van der Waals surface area contributed by atoms with Crippen molar-refractivity contribution < 1.29 is 0 Å². The summed E-state index contributed by atoms with van der Waals surface area (Å²) in [7, 11) is 0. The summed E-state index contributed by atoms with van der Waals surface area (Å²) in [6.45, 7) is 8.91. The van der Waals surface area contributed by atoms with Crippen LogP contribution in [0.1, 0.15) is 37.8 Å². The van der Waals surface area contributed by atoms with E-state index in [0.29, 0.717) is 6.04 Å². The Bertz CT molecular complexity index is 436. The highest BCUT2D eigenvalue weighted by molar-refractivity contribution is 9.10. The van der Waals surface area contributed by atoms with Gasteiger partial charge >= 0.3 is 0 Å². The summed E-state index contributed by atoms with van der Waals surface area (Å²) >= 11 is 3.57. The van der Waals surface area contributed by atoms with Crippen molar-refractivity contribution in [3.63, 3.8) is 0 Å². The molecule has 0 radical (unpaired) electrons. The molecule has 0 saturated heterocycles. The lowest BCUT2D eigenvalue weighted by molar-refractivity contribution is 0.251. The molecule has 19 heavy (non-hydrogen) atoms. The maximum Gasteiger partial charge on any atom is 0.0178 e. The van der Waals surface area contributed by atoms with Gasteiger partial charge < -0.3 is 11.1 Å². The zero-order valence-corrected chi connectivity index (χ0v) is 13.8. The molecule has 0 atom stereocenters. The van der Waals surface area contributed by atoms with Crippen LogP contribution in [0.5, 0.6) is 0 Å². The van der Waals surface area contributed by atoms with Crippen molar-refractivity contribution in [1.29, 1.82) is 0 Å². The SMILES string of the molecule is Cc1ccc(Br)cc1C(C)(C)CNCC1CC(N)C1. The van der Waals surface area contributed by atoms with Gasteiger partial charge in [0.15, 0.2) is 0 Å². The van der Waals surface area contributed by atoms with E-state index in [0.717, 1.165) is 23.5 Å². The van der Waals surface area contributed by atoms with Crippen molar-refractivity contribution in [3.05, 3.63) is 33.8 Å². The van der Waals surface area contributed by atoms with Gasteiger partial charge in [0.1, 0.15) is 0 Å². The van der Waals surface area contributed by atoms with E-state index in [4.69, 9.17) is 5.73 Å². The Morgan fingerprint density at radius 2 is 2.05 bits per heavy atom. The van der Waals surface area contributed by atoms with Crippen LogP contribution in [0.3, 0.4) is 0 Å². The maximum atomic E-state index is 5.82. The van der Waals surface area contributed by atoms with Crippen molar-refractivity contribution in [3.8, 4) is 0 Å². The van der Waals surface area contributed by atoms with Gasteiger partial charge in [-0.25, -0.2) is 0 Å². The maximum absolute atomic E-state index is 5.82. The molecule has 106 valence electrons. The summed E-state index contributed by atoms with van der Waals surface area (Å²) in [6, 6.07) is 6.99. The second-order valence-electron chi connectivity index (χ2n) is 6.57. The Morgan fingerprint density at radius 3 is 2.68 bits per heavy atom. The van der Waals surface area contributed by atoms with Gasteiger partial charge in [-0.1, -0.05) is 35.8 Å². The van der Waals surface area contributed by atoms with Crippen molar-refractivity contribution in [1.82, 2.24) is 5.32 Å². The minimum atomic E-state index is 0.153. The second kappa shape index (κ2) is 5.94. The molecule has 0 spiro atoms. The van der Waals surface area contributed by atoms with Crippen LogP contribution in [0.2, 0.25) is 0 Å². The van der Waals surface area contributed by atoms with Gasteiger partial charge in [-0.2, -0.15) is 0 Å². The van der Waals surface area contributed by atoms with Crippen LogP contribution in [-0.4, -0.2) is 19.1 Å². The Hall–Kier alpha value is -0.380. The normalized spacial score (nSPS) is 23.2. The highest BCUT2D eigenvalue weighted by atomic mass is 79.9. The molecule has 2 rings (SSSR count).